The average Bonchev–Trinajstić information content (AvgIpc) is 2.67. The molecule has 1 heterocycles. The van der Waals surface area contributed by atoms with Crippen LogP contribution >= 0.6 is 11.3 Å². The van der Waals surface area contributed by atoms with Crippen LogP contribution in [-0.2, 0) is 6.54 Å². The minimum atomic E-state index is 0.276. The second-order valence-corrected chi connectivity index (χ2v) is 4.08. The van der Waals surface area contributed by atoms with Crippen LogP contribution in [0.15, 0.2) is 29.6 Å². The molecule has 0 aliphatic rings. The molecule has 1 aromatic heterocycles. The number of nitrogens with zero attached hydrogens (tertiary/aromatic N) is 1. The zero-order valence-electron chi connectivity index (χ0n) is 8.40. The van der Waals surface area contributed by atoms with Crippen LogP contribution in [0, 0.1) is 0 Å². The number of aromatic hydroxyl groups is 1. The van der Waals surface area contributed by atoms with Gasteiger partial charge in [0, 0.05) is 17.5 Å². The Morgan fingerprint density at radius 3 is 3.07 bits per heavy atom. The molecule has 0 unspecified atom stereocenters. The van der Waals surface area contributed by atoms with Crippen LogP contribution in [0.2, 0.25) is 0 Å². The van der Waals surface area contributed by atoms with Gasteiger partial charge < -0.3 is 10.4 Å². The summed E-state index contributed by atoms with van der Waals surface area (Å²) in [5, 5.41) is 15.4. The molecular weight excluding hydrogens is 208 g/mol. The number of benzene rings is 1. The molecule has 2 aromatic rings. The van der Waals surface area contributed by atoms with Gasteiger partial charge in [0.1, 0.15) is 10.8 Å². The molecular formula is C11H12N2OS. The third kappa shape index (κ3) is 2.34. The van der Waals surface area contributed by atoms with Crippen LogP contribution in [0.1, 0.15) is 5.69 Å². The van der Waals surface area contributed by atoms with Crippen LogP contribution in [0.3, 0.4) is 0 Å². The average molecular weight is 220 g/mol. The van der Waals surface area contributed by atoms with E-state index in [4.69, 9.17) is 0 Å². The van der Waals surface area contributed by atoms with E-state index in [2.05, 4.69) is 10.3 Å². The fraction of sp³-hybridized carbons (Fsp3) is 0.182. The molecule has 0 radical (unpaired) electrons. The maximum atomic E-state index is 9.35. The summed E-state index contributed by atoms with van der Waals surface area (Å²) in [6.07, 6.45) is 0. The Kier molecular flexibility index (Phi) is 2.99. The quantitative estimate of drug-likeness (QED) is 0.833. The lowest BCUT2D eigenvalue weighted by atomic mass is 10.2. The van der Waals surface area contributed by atoms with Gasteiger partial charge in [0.25, 0.3) is 0 Å². The lowest BCUT2D eigenvalue weighted by molar-refractivity contribution is 0.475. The van der Waals surface area contributed by atoms with Crippen LogP contribution in [-0.4, -0.2) is 17.1 Å². The highest BCUT2D eigenvalue weighted by Gasteiger charge is 2.04. The molecule has 4 heteroatoms. The predicted molar refractivity (Wildman–Crippen MR) is 62.0 cm³/mol. The Balaban J connectivity index is 2.29. The summed E-state index contributed by atoms with van der Waals surface area (Å²) < 4.78 is 0. The summed E-state index contributed by atoms with van der Waals surface area (Å²) in [6.45, 7) is 0.773. The first-order valence-electron chi connectivity index (χ1n) is 4.68. The molecule has 0 amide bonds. The third-order valence-electron chi connectivity index (χ3n) is 2.00. The van der Waals surface area contributed by atoms with E-state index in [1.165, 1.54) is 0 Å². The van der Waals surface area contributed by atoms with Crippen molar-refractivity contribution in [2.75, 3.05) is 7.05 Å². The van der Waals surface area contributed by atoms with Gasteiger partial charge in [-0.05, 0) is 19.2 Å². The van der Waals surface area contributed by atoms with Crippen molar-refractivity contribution in [3.05, 3.63) is 35.3 Å². The molecule has 0 aliphatic heterocycles. The summed E-state index contributed by atoms with van der Waals surface area (Å²) in [6, 6.07) is 7.15. The summed E-state index contributed by atoms with van der Waals surface area (Å²) in [7, 11) is 1.90. The SMILES string of the molecule is CNCc1csc(-c2cccc(O)c2)n1. The van der Waals surface area contributed by atoms with E-state index in [1.807, 2.05) is 24.6 Å². The van der Waals surface area contributed by atoms with Crippen LogP contribution in [0.25, 0.3) is 10.6 Å². The predicted octanol–water partition coefficient (Wildman–Crippen LogP) is 2.24. The highest BCUT2D eigenvalue weighted by molar-refractivity contribution is 7.13. The van der Waals surface area contributed by atoms with Crippen molar-refractivity contribution < 1.29 is 5.11 Å². The largest absolute Gasteiger partial charge is 0.508 e. The number of hydrogen-bond donors (Lipinski definition) is 2. The van der Waals surface area contributed by atoms with E-state index in [1.54, 1.807) is 23.5 Å². The van der Waals surface area contributed by atoms with Gasteiger partial charge in [-0.2, -0.15) is 0 Å². The molecule has 78 valence electrons. The second kappa shape index (κ2) is 4.42. The minimum Gasteiger partial charge on any atom is -0.508 e. The van der Waals surface area contributed by atoms with E-state index in [-0.39, 0.29) is 5.75 Å². The number of hydrogen-bond acceptors (Lipinski definition) is 4. The number of rotatable bonds is 3. The lowest BCUT2D eigenvalue weighted by Crippen LogP contribution is -2.04. The molecule has 0 bridgehead atoms. The van der Waals surface area contributed by atoms with Gasteiger partial charge in [0.05, 0.1) is 5.69 Å². The first-order chi connectivity index (χ1) is 7.29. The zero-order chi connectivity index (χ0) is 10.7. The number of phenols is 1. The normalized spacial score (nSPS) is 10.5. The Labute approximate surface area is 92.4 Å². The molecule has 0 saturated heterocycles. The van der Waals surface area contributed by atoms with Gasteiger partial charge in [0.2, 0.25) is 0 Å². The van der Waals surface area contributed by atoms with Crippen LogP contribution < -0.4 is 5.32 Å². The molecule has 15 heavy (non-hydrogen) atoms. The van der Waals surface area contributed by atoms with Crippen molar-refractivity contribution in [2.24, 2.45) is 0 Å². The summed E-state index contributed by atoms with van der Waals surface area (Å²) in [5.41, 5.74) is 1.99. The van der Waals surface area contributed by atoms with E-state index in [9.17, 15) is 5.11 Å². The zero-order valence-corrected chi connectivity index (χ0v) is 9.21. The molecule has 0 saturated carbocycles. The molecule has 3 nitrogen and oxygen atoms in total. The second-order valence-electron chi connectivity index (χ2n) is 3.22. The Hall–Kier alpha value is -1.39. The van der Waals surface area contributed by atoms with Crippen molar-refractivity contribution in [1.29, 1.82) is 0 Å². The monoisotopic (exact) mass is 220 g/mol. The summed E-state index contributed by atoms with van der Waals surface area (Å²) in [4.78, 5) is 4.46. The van der Waals surface area contributed by atoms with Crippen molar-refractivity contribution in [3.63, 3.8) is 0 Å². The smallest absolute Gasteiger partial charge is 0.123 e. The first-order valence-corrected chi connectivity index (χ1v) is 5.56. The molecule has 0 spiro atoms. The lowest BCUT2D eigenvalue weighted by Gasteiger charge is -1.96. The standard InChI is InChI=1S/C11H12N2OS/c1-12-6-9-7-15-11(13-9)8-3-2-4-10(14)5-8/h2-5,7,12,14H,6H2,1H3. The Morgan fingerprint density at radius 1 is 1.47 bits per heavy atom. The molecule has 2 rings (SSSR count). The van der Waals surface area contributed by atoms with Crippen molar-refractivity contribution in [2.45, 2.75) is 6.54 Å². The highest BCUT2D eigenvalue weighted by atomic mass is 32.1. The molecule has 1 aromatic carbocycles. The van der Waals surface area contributed by atoms with E-state index in [0.29, 0.717) is 0 Å². The van der Waals surface area contributed by atoms with Gasteiger partial charge in [-0.15, -0.1) is 11.3 Å². The van der Waals surface area contributed by atoms with E-state index >= 15 is 0 Å². The molecule has 0 aliphatic carbocycles. The third-order valence-corrected chi connectivity index (χ3v) is 2.94. The number of phenolic OH excluding ortho intramolecular Hbond substituents is 1. The maximum absolute atomic E-state index is 9.35. The number of nitrogens with one attached hydrogen (secondary N) is 1. The first kappa shape index (κ1) is 10.1. The highest BCUT2D eigenvalue weighted by Crippen LogP contribution is 2.26. The number of thiazole rings is 1. The summed E-state index contributed by atoms with van der Waals surface area (Å²) >= 11 is 1.59. The van der Waals surface area contributed by atoms with Gasteiger partial charge in [-0.3, -0.25) is 0 Å². The molecule has 2 N–H and O–H groups in total. The van der Waals surface area contributed by atoms with E-state index in [0.717, 1.165) is 22.8 Å². The Bertz CT molecular complexity index is 453. The molecule has 0 atom stereocenters. The van der Waals surface area contributed by atoms with Crippen molar-refractivity contribution in [1.82, 2.24) is 10.3 Å². The fourth-order valence-electron chi connectivity index (χ4n) is 1.34. The van der Waals surface area contributed by atoms with Crippen molar-refractivity contribution in [3.8, 4) is 16.3 Å². The van der Waals surface area contributed by atoms with Gasteiger partial charge in [0.15, 0.2) is 0 Å². The summed E-state index contributed by atoms with van der Waals surface area (Å²) in [5.74, 6) is 0.276. The van der Waals surface area contributed by atoms with Gasteiger partial charge in [-0.1, -0.05) is 12.1 Å². The van der Waals surface area contributed by atoms with E-state index < -0.39 is 0 Å². The topological polar surface area (TPSA) is 45.1 Å². The van der Waals surface area contributed by atoms with Crippen LogP contribution in [0.4, 0.5) is 0 Å². The van der Waals surface area contributed by atoms with Crippen LogP contribution in [0.5, 0.6) is 5.75 Å². The van der Waals surface area contributed by atoms with Gasteiger partial charge in [-0.25, -0.2) is 4.98 Å². The fourth-order valence-corrected chi connectivity index (χ4v) is 2.16. The number of aromatic nitrogens is 1. The minimum absolute atomic E-state index is 0.276. The van der Waals surface area contributed by atoms with Gasteiger partial charge >= 0.3 is 0 Å². The Morgan fingerprint density at radius 2 is 2.33 bits per heavy atom. The molecule has 0 fully saturated rings. The maximum Gasteiger partial charge on any atom is 0.123 e. The van der Waals surface area contributed by atoms with Crippen molar-refractivity contribution >= 4 is 11.3 Å².